The molecule has 2 aromatic carbocycles. The molecule has 1 N–H and O–H groups in total. The molecule has 0 aliphatic carbocycles. The molecule has 0 unspecified atom stereocenters. The largest absolute Gasteiger partial charge is 0.362 e. The van der Waals surface area contributed by atoms with E-state index in [0.29, 0.717) is 57.1 Å². The minimum atomic E-state index is -0.472. The maximum atomic E-state index is 13.5. The lowest BCUT2D eigenvalue weighted by Crippen LogP contribution is -2.49. The lowest BCUT2D eigenvalue weighted by atomic mass is 10.1. The monoisotopic (exact) mass is 455 g/mol. The molecule has 2 amide bonds. The summed E-state index contributed by atoms with van der Waals surface area (Å²) in [6.07, 6.45) is 0.838. The van der Waals surface area contributed by atoms with Gasteiger partial charge in [0.25, 0.3) is 17.5 Å². The third-order valence-corrected chi connectivity index (χ3v) is 6.03. The Bertz CT molecular complexity index is 1050. The van der Waals surface area contributed by atoms with Gasteiger partial charge >= 0.3 is 0 Å². The van der Waals surface area contributed by atoms with Crippen LogP contribution >= 0.6 is 0 Å². The SMILES string of the molecule is O=C(c1ccc(N2CCN(C(=O)c3cccc(F)c3)CC2)c([N+](=O)[O-])c1)N1CCCNCC1. The quantitative estimate of drug-likeness (QED) is 0.560. The highest BCUT2D eigenvalue weighted by molar-refractivity contribution is 5.96. The van der Waals surface area contributed by atoms with Gasteiger partial charge in [-0.3, -0.25) is 19.7 Å². The highest BCUT2D eigenvalue weighted by atomic mass is 19.1. The van der Waals surface area contributed by atoms with Gasteiger partial charge in [0.15, 0.2) is 0 Å². The third-order valence-electron chi connectivity index (χ3n) is 6.03. The van der Waals surface area contributed by atoms with Gasteiger partial charge < -0.3 is 20.0 Å². The van der Waals surface area contributed by atoms with Crippen LogP contribution in [0.4, 0.5) is 15.8 Å². The standard InChI is InChI=1S/C23H26FN5O4/c24-19-4-1-3-17(15-19)22(30)28-13-11-26(12-14-28)20-6-5-18(16-21(20)29(32)33)23(31)27-9-2-7-25-8-10-27/h1,3-6,15-16,25H,2,7-14H2. The molecule has 2 aliphatic rings. The van der Waals surface area contributed by atoms with Gasteiger partial charge in [0.2, 0.25) is 0 Å². The zero-order valence-electron chi connectivity index (χ0n) is 18.2. The number of hydrogen-bond acceptors (Lipinski definition) is 6. The first-order chi connectivity index (χ1) is 15.9. The molecule has 0 radical (unpaired) electrons. The van der Waals surface area contributed by atoms with Gasteiger partial charge in [-0.25, -0.2) is 4.39 Å². The average Bonchev–Trinajstić information content (AvgIpc) is 3.12. The molecule has 174 valence electrons. The van der Waals surface area contributed by atoms with Crippen molar-refractivity contribution in [3.8, 4) is 0 Å². The van der Waals surface area contributed by atoms with Crippen LogP contribution in [0.5, 0.6) is 0 Å². The Hall–Kier alpha value is -3.53. The van der Waals surface area contributed by atoms with Crippen molar-refractivity contribution in [1.82, 2.24) is 15.1 Å². The van der Waals surface area contributed by atoms with Gasteiger partial charge in [-0.2, -0.15) is 0 Å². The van der Waals surface area contributed by atoms with Gasteiger partial charge in [-0.1, -0.05) is 6.07 Å². The van der Waals surface area contributed by atoms with Crippen LogP contribution in [0.15, 0.2) is 42.5 Å². The molecule has 2 fully saturated rings. The predicted octanol–water partition coefficient (Wildman–Crippen LogP) is 2.13. The molecular formula is C23H26FN5O4. The third kappa shape index (κ3) is 5.11. The van der Waals surface area contributed by atoms with Crippen molar-refractivity contribution in [2.75, 3.05) is 57.3 Å². The van der Waals surface area contributed by atoms with Gasteiger partial charge in [-0.05, 0) is 43.3 Å². The lowest BCUT2D eigenvalue weighted by molar-refractivity contribution is -0.384. The summed E-state index contributed by atoms with van der Waals surface area (Å²) >= 11 is 0. The van der Waals surface area contributed by atoms with Crippen LogP contribution in [0.25, 0.3) is 0 Å². The second-order valence-corrected chi connectivity index (χ2v) is 8.15. The van der Waals surface area contributed by atoms with E-state index in [-0.39, 0.29) is 23.1 Å². The van der Waals surface area contributed by atoms with Crippen molar-refractivity contribution in [3.05, 3.63) is 69.5 Å². The van der Waals surface area contributed by atoms with E-state index in [0.717, 1.165) is 13.0 Å². The topological polar surface area (TPSA) is 99.0 Å². The second-order valence-electron chi connectivity index (χ2n) is 8.15. The molecule has 0 atom stereocenters. The van der Waals surface area contributed by atoms with Crippen LogP contribution in [-0.2, 0) is 0 Å². The molecule has 0 saturated carbocycles. The molecule has 2 aliphatic heterocycles. The first-order valence-electron chi connectivity index (χ1n) is 11.0. The maximum absolute atomic E-state index is 13.5. The van der Waals surface area contributed by atoms with Gasteiger partial charge in [0.05, 0.1) is 4.92 Å². The highest BCUT2D eigenvalue weighted by Gasteiger charge is 2.28. The summed E-state index contributed by atoms with van der Waals surface area (Å²) in [6.45, 7) is 4.22. The maximum Gasteiger partial charge on any atom is 0.293 e. The molecule has 0 spiro atoms. The first-order valence-corrected chi connectivity index (χ1v) is 11.0. The van der Waals surface area contributed by atoms with E-state index < -0.39 is 10.7 Å². The molecule has 2 heterocycles. The summed E-state index contributed by atoms with van der Waals surface area (Å²) in [7, 11) is 0. The molecule has 10 heteroatoms. The van der Waals surface area contributed by atoms with Gasteiger partial charge in [0.1, 0.15) is 11.5 Å². The van der Waals surface area contributed by atoms with Crippen molar-refractivity contribution in [3.63, 3.8) is 0 Å². The summed E-state index contributed by atoms with van der Waals surface area (Å²) in [5, 5.41) is 15.0. The van der Waals surface area contributed by atoms with Crippen LogP contribution in [0.2, 0.25) is 0 Å². The minimum absolute atomic E-state index is 0.126. The number of halogens is 1. The number of hydrogen-bond donors (Lipinski definition) is 1. The van der Waals surface area contributed by atoms with Gasteiger partial charge in [-0.15, -0.1) is 0 Å². The number of piperazine rings is 1. The van der Waals surface area contributed by atoms with E-state index in [4.69, 9.17) is 0 Å². The number of anilines is 1. The number of nitrogens with one attached hydrogen (secondary N) is 1. The number of amides is 2. The molecule has 2 aromatic rings. The van der Waals surface area contributed by atoms with Gasteiger partial charge in [0, 0.05) is 63.0 Å². The summed E-state index contributed by atoms with van der Waals surface area (Å²) in [6, 6.07) is 10.1. The Morgan fingerprint density at radius 2 is 1.58 bits per heavy atom. The Labute approximate surface area is 190 Å². The number of rotatable bonds is 4. The zero-order valence-corrected chi connectivity index (χ0v) is 18.2. The van der Waals surface area contributed by atoms with Crippen molar-refractivity contribution in [2.45, 2.75) is 6.42 Å². The van der Waals surface area contributed by atoms with E-state index >= 15 is 0 Å². The van der Waals surface area contributed by atoms with Crippen molar-refractivity contribution >= 4 is 23.2 Å². The van der Waals surface area contributed by atoms with E-state index in [1.807, 2.05) is 4.90 Å². The molecule has 33 heavy (non-hydrogen) atoms. The van der Waals surface area contributed by atoms with Crippen LogP contribution in [0, 0.1) is 15.9 Å². The number of benzene rings is 2. The fourth-order valence-electron chi connectivity index (χ4n) is 4.26. The van der Waals surface area contributed by atoms with Crippen molar-refractivity contribution < 1.29 is 18.9 Å². The molecular weight excluding hydrogens is 429 g/mol. The first kappa shape index (κ1) is 22.7. The molecule has 0 aromatic heterocycles. The summed E-state index contributed by atoms with van der Waals surface area (Å²) in [4.78, 5) is 42.0. The summed E-state index contributed by atoms with van der Waals surface area (Å²) < 4.78 is 13.5. The highest BCUT2D eigenvalue weighted by Crippen LogP contribution is 2.31. The lowest BCUT2D eigenvalue weighted by Gasteiger charge is -2.36. The number of carbonyl (C=O) groups is 2. The average molecular weight is 455 g/mol. The fourth-order valence-corrected chi connectivity index (χ4v) is 4.26. The van der Waals surface area contributed by atoms with E-state index in [1.54, 1.807) is 28.0 Å². The van der Waals surface area contributed by atoms with Crippen LogP contribution in [-0.4, -0.2) is 78.9 Å². The predicted molar refractivity (Wildman–Crippen MR) is 121 cm³/mol. The van der Waals surface area contributed by atoms with Crippen molar-refractivity contribution in [1.29, 1.82) is 0 Å². The molecule has 0 bridgehead atoms. The summed E-state index contributed by atoms with van der Waals surface area (Å²) in [5.74, 6) is -0.948. The Morgan fingerprint density at radius 3 is 2.27 bits per heavy atom. The number of nitro groups is 1. The fraction of sp³-hybridized carbons (Fsp3) is 0.391. The van der Waals surface area contributed by atoms with Crippen LogP contribution in [0.3, 0.4) is 0 Å². The second kappa shape index (κ2) is 9.95. The van der Waals surface area contributed by atoms with E-state index in [9.17, 15) is 24.1 Å². The minimum Gasteiger partial charge on any atom is -0.362 e. The van der Waals surface area contributed by atoms with E-state index in [2.05, 4.69) is 5.32 Å². The Kier molecular flexibility index (Phi) is 6.83. The Balaban J connectivity index is 1.47. The van der Waals surface area contributed by atoms with E-state index in [1.165, 1.54) is 24.3 Å². The zero-order chi connectivity index (χ0) is 23.4. The van der Waals surface area contributed by atoms with Crippen molar-refractivity contribution in [2.24, 2.45) is 0 Å². The van der Waals surface area contributed by atoms with Crippen LogP contribution < -0.4 is 10.2 Å². The number of carbonyl (C=O) groups excluding carboxylic acids is 2. The molecule has 2 saturated heterocycles. The molecule has 4 rings (SSSR count). The molecule has 9 nitrogen and oxygen atoms in total. The van der Waals surface area contributed by atoms with Crippen LogP contribution in [0.1, 0.15) is 27.1 Å². The summed E-state index contributed by atoms with van der Waals surface area (Å²) in [5.41, 5.74) is 0.874. The Morgan fingerprint density at radius 1 is 0.879 bits per heavy atom. The smallest absolute Gasteiger partial charge is 0.293 e. The number of nitro benzene ring substituents is 1. The normalized spacial score (nSPS) is 16.9. The number of nitrogens with zero attached hydrogens (tertiary/aromatic N) is 4.